The lowest BCUT2D eigenvalue weighted by molar-refractivity contribution is -0.112. The molecule has 0 radical (unpaired) electrons. The molecule has 8 heteroatoms. The minimum absolute atomic E-state index is 0. The number of carbonyl (C=O) groups is 1. The first-order valence-electron chi connectivity index (χ1n) is 9.33. The lowest BCUT2D eigenvalue weighted by Crippen LogP contribution is -2.44. The van der Waals surface area contributed by atoms with Gasteiger partial charge in [-0.3, -0.25) is 4.79 Å². The van der Waals surface area contributed by atoms with Crippen molar-refractivity contribution >= 4 is 52.9 Å². The number of nitrogens with one attached hydrogen (secondary N) is 1. The monoisotopic (exact) mass is 464 g/mol. The summed E-state index contributed by atoms with van der Waals surface area (Å²) in [6, 6.07) is 13.3. The van der Waals surface area contributed by atoms with Crippen LogP contribution in [0.25, 0.3) is 0 Å². The van der Waals surface area contributed by atoms with E-state index in [0.29, 0.717) is 10.7 Å². The Morgan fingerprint density at radius 2 is 1.77 bits per heavy atom. The van der Waals surface area contributed by atoms with Crippen LogP contribution in [0.15, 0.2) is 48.2 Å². The molecule has 2 aromatic carbocycles. The standard InChI is InChI=1S/C22H22Cl2N4O.ClH/c1-15-5-3-8-20(16(15)2)28-11-9-27(10-12-28)14-17(13-25)22(29)26-19-7-4-6-18(23)21(19)24;/h3-8,14H,9-12H2,1-2H3,(H,26,29);1H/b17-14-;. The first kappa shape index (κ1) is 23.9. The van der Waals surface area contributed by atoms with E-state index in [9.17, 15) is 10.1 Å². The van der Waals surface area contributed by atoms with Crippen LogP contribution in [0.2, 0.25) is 10.0 Å². The van der Waals surface area contributed by atoms with Crippen LogP contribution >= 0.6 is 35.6 Å². The van der Waals surface area contributed by atoms with E-state index >= 15 is 0 Å². The summed E-state index contributed by atoms with van der Waals surface area (Å²) >= 11 is 12.1. The number of nitriles is 1. The molecule has 5 nitrogen and oxygen atoms in total. The minimum atomic E-state index is -0.506. The van der Waals surface area contributed by atoms with Crippen molar-refractivity contribution in [3.05, 3.63) is 69.3 Å². The second-order valence-corrected chi connectivity index (χ2v) is 7.74. The molecule has 1 amide bonds. The number of benzene rings is 2. The zero-order valence-electron chi connectivity index (χ0n) is 16.8. The summed E-state index contributed by atoms with van der Waals surface area (Å²) < 4.78 is 0. The first-order chi connectivity index (χ1) is 13.9. The number of nitrogens with zero attached hydrogens (tertiary/aromatic N) is 3. The van der Waals surface area contributed by atoms with E-state index < -0.39 is 5.91 Å². The number of rotatable bonds is 4. The number of halogens is 3. The maximum Gasteiger partial charge on any atom is 0.267 e. The van der Waals surface area contributed by atoms with Gasteiger partial charge in [-0.1, -0.05) is 41.4 Å². The van der Waals surface area contributed by atoms with Gasteiger partial charge in [0.25, 0.3) is 5.91 Å². The van der Waals surface area contributed by atoms with Gasteiger partial charge in [0.05, 0.1) is 15.7 Å². The molecule has 2 aromatic rings. The number of anilines is 2. The van der Waals surface area contributed by atoms with Crippen LogP contribution in [0.3, 0.4) is 0 Å². The Labute approximate surface area is 193 Å². The average molecular weight is 466 g/mol. The third kappa shape index (κ3) is 5.40. The van der Waals surface area contributed by atoms with Crippen molar-refractivity contribution in [2.75, 3.05) is 36.4 Å². The molecule has 0 aliphatic carbocycles. The topological polar surface area (TPSA) is 59.4 Å². The van der Waals surface area contributed by atoms with E-state index in [0.717, 1.165) is 26.2 Å². The lowest BCUT2D eigenvalue weighted by atomic mass is 10.1. The molecular weight excluding hydrogens is 443 g/mol. The highest BCUT2D eigenvalue weighted by Gasteiger charge is 2.19. The summed E-state index contributed by atoms with van der Waals surface area (Å²) in [6.07, 6.45) is 1.62. The Morgan fingerprint density at radius 3 is 2.43 bits per heavy atom. The van der Waals surface area contributed by atoms with Gasteiger partial charge in [-0.05, 0) is 43.2 Å². The molecule has 0 saturated carbocycles. The van der Waals surface area contributed by atoms with Gasteiger partial charge >= 0.3 is 0 Å². The smallest absolute Gasteiger partial charge is 0.267 e. The molecule has 3 rings (SSSR count). The fraction of sp³-hybridized carbons (Fsp3) is 0.273. The summed E-state index contributed by atoms with van der Waals surface area (Å²) in [5.41, 5.74) is 4.20. The molecule has 1 aliphatic rings. The SMILES string of the molecule is Cc1cccc(N2CCN(/C=C(/C#N)C(=O)Nc3cccc(Cl)c3Cl)CC2)c1C.Cl. The minimum Gasteiger partial charge on any atom is -0.373 e. The molecule has 1 N–H and O–H groups in total. The van der Waals surface area contributed by atoms with Crippen molar-refractivity contribution in [2.24, 2.45) is 0 Å². The summed E-state index contributed by atoms with van der Waals surface area (Å²) in [6.45, 7) is 7.34. The van der Waals surface area contributed by atoms with Crippen LogP contribution in [-0.4, -0.2) is 37.0 Å². The largest absolute Gasteiger partial charge is 0.373 e. The molecule has 1 heterocycles. The highest BCUT2D eigenvalue weighted by molar-refractivity contribution is 6.44. The van der Waals surface area contributed by atoms with Gasteiger partial charge in [0.2, 0.25) is 0 Å². The van der Waals surface area contributed by atoms with Gasteiger partial charge in [0, 0.05) is 38.1 Å². The van der Waals surface area contributed by atoms with E-state index in [2.05, 4.69) is 42.3 Å². The molecule has 158 valence electrons. The van der Waals surface area contributed by atoms with Crippen molar-refractivity contribution in [2.45, 2.75) is 13.8 Å². The lowest BCUT2D eigenvalue weighted by Gasteiger charge is -2.36. The molecular formula is C22H23Cl3N4O. The normalized spacial score (nSPS) is 14.0. The van der Waals surface area contributed by atoms with E-state index in [1.807, 2.05) is 11.0 Å². The van der Waals surface area contributed by atoms with E-state index in [1.165, 1.54) is 16.8 Å². The Hall–Kier alpha value is -2.39. The average Bonchev–Trinajstić information content (AvgIpc) is 2.72. The maximum atomic E-state index is 12.5. The number of piperazine rings is 1. The van der Waals surface area contributed by atoms with Crippen molar-refractivity contribution in [1.29, 1.82) is 5.26 Å². The van der Waals surface area contributed by atoms with Crippen LogP contribution in [0, 0.1) is 25.2 Å². The summed E-state index contributed by atoms with van der Waals surface area (Å²) in [7, 11) is 0. The molecule has 1 saturated heterocycles. The summed E-state index contributed by atoms with van der Waals surface area (Å²) in [5.74, 6) is -0.506. The van der Waals surface area contributed by atoms with Crippen molar-refractivity contribution in [1.82, 2.24) is 4.90 Å². The van der Waals surface area contributed by atoms with E-state index in [1.54, 1.807) is 24.4 Å². The van der Waals surface area contributed by atoms with Gasteiger partial charge < -0.3 is 15.1 Å². The van der Waals surface area contributed by atoms with Crippen LogP contribution in [0.4, 0.5) is 11.4 Å². The van der Waals surface area contributed by atoms with Gasteiger partial charge in [0.15, 0.2) is 0 Å². The first-order valence-corrected chi connectivity index (χ1v) is 10.1. The van der Waals surface area contributed by atoms with Crippen LogP contribution < -0.4 is 10.2 Å². The van der Waals surface area contributed by atoms with Crippen molar-refractivity contribution < 1.29 is 4.79 Å². The number of hydrogen-bond acceptors (Lipinski definition) is 4. The second kappa shape index (κ2) is 10.6. The van der Waals surface area contributed by atoms with Gasteiger partial charge in [-0.25, -0.2) is 0 Å². The third-order valence-electron chi connectivity index (χ3n) is 5.11. The maximum absolute atomic E-state index is 12.5. The zero-order valence-corrected chi connectivity index (χ0v) is 19.1. The number of aryl methyl sites for hydroxylation is 1. The Kier molecular flexibility index (Phi) is 8.43. The van der Waals surface area contributed by atoms with Crippen LogP contribution in [0.5, 0.6) is 0 Å². The number of carbonyl (C=O) groups excluding carboxylic acids is 1. The Bertz CT molecular complexity index is 992. The Balaban J connectivity index is 0.00000320. The van der Waals surface area contributed by atoms with E-state index in [-0.39, 0.29) is 23.0 Å². The quantitative estimate of drug-likeness (QED) is 0.498. The number of hydrogen-bond donors (Lipinski definition) is 1. The summed E-state index contributed by atoms with van der Waals surface area (Å²) in [4.78, 5) is 16.8. The molecule has 30 heavy (non-hydrogen) atoms. The summed E-state index contributed by atoms with van der Waals surface area (Å²) in [5, 5.41) is 12.7. The third-order valence-corrected chi connectivity index (χ3v) is 5.93. The fourth-order valence-electron chi connectivity index (χ4n) is 3.28. The predicted octanol–water partition coefficient (Wildman–Crippen LogP) is 5.20. The van der Waals surface area contributed by atoms with E-state index in [4.69, 9.17) is 23.2 Å². The molecule has 1 fully saturated rings. The van der Waals surface area contributed by atoms with Gasteiger partial charge in [-0.2, -0.15) is 5.26 Å². The zero-order chi connectivity index (χ0) is 21.0. The predicted molar refractivity (Wildman–Crippen MR) is 126 cm³/mol. The Morgan fingerprint density at radius 1 is 1.10 bits per heavy atom. The molecule has 0 atom stereocenters. The molecule has 0 spiro atoms. The molecule has 0 unspecified atom stereocenters. The molecule has 0 aromatic heterocycles. The molecule has 1 aliphatic heterocycles. The van der Waals surface area contributed by atoms with Crippen LogP contribution in [0.1, 0.15) is 11.1 Å². The van der Waals surface area contributed by atoms with Crippen molar-refractivity contribution in [3.63, 3.8) is 0 Å². The second-order valence-electron chi connectivity index (χ2n) is 6.95. The van der Waals surface area contributed by atoms with Gasteiger partial charge in [-0.15, -0.1) is 12.4 Å². The van der Waals surface area contributed by atoms with Crippen molar-refractivity contribution in [3.8, 4) is 6.07 Å². The fourth-order valence-corrected chi connectivity index (χ4v) is 3.63. The van der Waals surface area contributed by atoms with Gasteiger partial charge in [0.1, 0.15) is 11.6 Å². The van der Waals surface area contributed by atoms with Crippen LogP contribution in [-0.2, 0) is 4.79 Å². The highest BCUT2D eigenvalue weighted by Crippen LogP contribution is 2.30. The molecule has 0 bridgehead atoms. The highest BCUT2D eigenvalue weighted by atomic mass is 35.5. The number of amides is 1.